The van der Waals surface area contributed by atoms with Gasteiger partial charge in [-0.1, -0.05) is 60.7 Å². The molecule has 0 aliphatic heterocycles. The van der Waals surface area contributed by atoms with E-state index in [-0.39, 0.29) is 0 Å². The molecule has 0 aliphatic carbocycles. The zero-order valence-electron chi connectivity index (χ0n) is 23.3. The predicted molar refractivity (Wildman–Crippen MR) is 172 cm³/mol. The maximum Gasteiger partial charge on any atom is 0.181 e. The summed E-state index contributed by atoms with van der Waals surface area (Å²) in [6.45, 7) is 0. The highest BCUT2D eigenvalue weighted by Crippen LogP contribution is 2.36. The maximum absolute atomic E-state index is 9.39. The highest BCUT2D eigenvalue weighted by atomic mass is 15.0. The van der Waals surface area contributed by atoms with Crippen molar-refractivity contribution in [3.8, 4) is 51.4 Å². The zero-order chi connectivity index (χ0) is 29.5. The Labute approximate surface area is 252 Å². The smallest absolute Gasteiger partial charge is 0.181 e. The van der Waals surface area contributed by atoms with E-state index in [0.717, 1.165) is 60.9 Å². The summed E-state index contributed by atoms with van der Waals surface area (Å²) in [5.41, 5.74) is 9.18. The van der Waals surface area contributed by atoms with Crippen molar-refractivity contribution in [1.29, 1.82) is 5.26 Å². The standard InChI is InChI=1S/C37H21N7/c38-22-23-15-17-24(18-16-23)35-36(42-32-12-2-1-11-31(32)41-35)37-43-33(27-7-3-13-29-25(27)9-5-19-39-29)21-34(44-37)28-8-4-14-30-26(28)10-6-20-40-30/h1-21H. The molecule has 7 heteroatoms. The third kappa shape index (κ3) is 4.39. The quantitative estimate of drug-likeness (QED) is 0.213. The second-order valence-electron chi connectivity index (χ2n) is 10.3. The molecule has 8 rings (SSSR count). The predicted octanol–water partition coefficient (Wildman–Crippen LogP) is 8.06. The van der Waals surface area contributed by atoms with Crippen LogP contribution in [-0.2, 0) is 0 Å². The van der Waals surface area contributed by atoms with Gasteiger partial charge < -0.3 is 0 Å². The Balaban J connectivity index is 1.45. The zero-order valence-corrected chi connectivity index (χ0v) is 23.3. The molecule has 0 fully saturated rings. The first-order valence-electron chi connectivity index (χ1n) is 14.1. The van der Waals surface area contributed by atoms with E-state index in [4.69, 9.17) is 19.9 Å². The summed E-state index contributed by atoms with van der Waals surface area (Å²) in [5.74, 6) is 0.442. The fourth-order valence-electron chi connectivity index (χ4n) is 5.54. The third-order valence-electron chi connectivity index (χ3n) is 7.64. The van der Waals surface area contributed by atoms with Gasteiger partial charge in [-0.05, 0) is 54.6 Å². The largest absolute Gasteiger partial charge is 0.256 e. The number of aromatic nitrogens is 6. The fourth-order valence-corrected chi connectivity index (χ4v) is 5.54. The highest BCUT2D eigenvalue weighted by Gasteiger charge is 2.20. The van der Waals surface area contributed by atoms with Crippen LogP contribution in [0, 0.1) is 11.3 Å². The van der Waals surface area contributed by atoms with Crippen molar-refractivity contribution >= 4 is 32.8 Å². The van der Waals surface area contributed by atoms with Crippen molar-refractivity contribution in [2.75, 3.05) is 0 Å². The van der Waals surface area contributed by atoms with Crippen molar-refractivity contribution in [3.05, 3.63) is 133 Å². The van der Waals surface area contributed by atoms with Gasteiger partial charge in [0.15, 0.2) is 5.82 Å². The number of nitrogens with zero attached hydrogens (tertiary/aromatic N) is 7. The molecule has 0 radical (unpaired) electrons. The fraction of sp³-hybridized carbons (Fsp3) is 0. The molecule has 44 heavy (non-hydrogen) atoms. The van der Waals surface area contributed by atoms with Crippen LogP contribution in [0.3, 0.4) is 0 Å². The molecule has 0 saturated heterocycles. The maximum atomic E-state index is 9.39. The van der Waals surface area contributed by atoms with E-state index in [1.165, 1.54) is 0 Å². The van der Waals surface area contributed by atoms with Crippen LogP contribution in [-0.4, -0.2) is 29.9 Å². The van der Waals surface area contributed by atoms with Gasteiger partial charge in [-0.15, -0.1) is 0 Å². The van der Waals surface area contributed by atoms with E-state index < -0.39 is 0 Å². The average Bonchev–Trinajstić information content (AvgIpc) is 3.10. The summed E-state index contributed by atoms with van der Waals surface area (Å²) >= 11 is 0. The van der Waals surface area contributed by atoms with Gasteiger partial charge in [-0.25, -0.2) is 19.9 Å². The van der Waals surface area contributed by atoms with E-state index in [9.17, 15) is 5.26 Å². The summed E-state index contributed by atoms with van der Waals surface area (Å²) in [4.78, 5) is 29.6. The topological polar surface area (TPSA) is 101 Å². The molecule has 0 amide bonds. The Hall–Kier alpha value is -6.39. The molecule has 0 atom stereocenters. The van der Waals surface area contributed by atoms with Crippen LogP contribution in [0.2, 0.25) is 0 Å². The van der Waals surface area contributed by atoms with Crippen molar-refractivity contribution < 1.29 is 0 Å². The van der Waals surface area contributed by atoms with Crippen LogP contribution in [0.4, 0.5) is 0 Å². The lowest BCUT2D eigenvalue weighted by molar-refractivity contribution is 1.15. The molecule has 7 nitrogen and oxygen atoms in total. The first kappa shape index (κ1) is 25.3. The van der Waals surface area contributed by atoms with Crippen molar-refractivity contribution in [2.24, 2.45) is 0 Å². The van der Waals surface area contributed by atoms with Gasteiger partial charge in [0.2, 0.25) is 0 Å². The highest BCUT2D eigenvalue weighted by molar-refractivity contribution is 5.97. The summed E-state index contributed by atoms with van der Waals surface area (Å²) in [5, 5.41) is 11.4. The van der Waals surface area contributed by atoms with Crippen molar-refractivity contribution in [1.82, 2.24) is 29.9 Å². The molecule has 0 aliphatic rings. The lowest BCUT2D eigenvalue weighted by Gasteiger charge is -2.14. The molecular weight excluding hydrogens is 542 g/mol. The van der Waals surface area contributed by atoms with Crippen LogP contribution in [0.1, 0.15) is 5.56 Å². The van der Waals surface area contributed by atoms with Gasteiger partial charge in [-0.2, -0.15) is 5.26 Å². The summed E-state index contributed by atoms with van der Waals surface area (Å²) in [6.07, 6.45) is 3.58. The Morgan fingerprint density at radius 3 is 1.59 bits per heavy atom. The summed E-state index contributed by atoms with van der Waals surface area (Å²) < 4.78 is 0. The number of fused-ring (bicyclic) bond motifs is 3. The molecule has 0 saturated carbocycles. The van der Waals surface area contributed by atoms with Gasteiger partial charge >= 0.3 is 0 Å². The summed E-state index contributed by atoms with van der Waals surface area (Å²) in [7, 11) is 0. The summed E-state index contributed by atoms with van der Waals surface area (Å²) in [6, 6.07) is 39.4. The third-order valence-corrected chi connectivity index (χ3v) is 7.64. The van der Waals surface area contributed by atoms with E-state index in [1.54, 1.807) is 24.5 Å². The minimum atomic E-state index is 0.442. The number of rotatable bonds is 4. The number of nitriles is 1. The molecule has 4 aromatic carbocycles. The normalized spacial score (nSPS) is 11.2. The van der Waals surface area contributed by atoms with Crippen LogP contribution in [0.25, 0.3) is 78.1 Å². The van der Waals surface area contributed by atoms with Crippen LogP contribution in [0.15, 0.2) is 128 Å². The van der Waals surface area contributed by atoms with E-state index in [0.29, 0.717) is 22.8 Å². The van der Waals surface area contributed by atoms with Crippen LogP contribution < -0.4 is 0 Å². The Kier molecular flexibility index (Phi) is 6.02. The SMILES string of the molecule is N#Cc1ccc(-c2nc3ccccc3nc2-c2nc(-c3cccc4ncccc34)cc(-c3cccc4ncccc34)n2)cc1. The van der Waals surface area contributed by atoms with Gasteiger partial charge in [0.1, 0.15) is 11.4 Å². The number of benzene rings is 4. The molecule has 0 unspecified atom stereocenters. The monoisotopic (exact) mass is 563 g/mol. The lowest BCUT2D eigenvalue weighted by Crippen LogP contribution is -2.02. The van der Waals surface area contributed by atoms with Crippen molar-refractivity contribution in [3.63, 3.8) is 0 Å². The minimum Gasteiger partial charge on any atom is -0.256 e. The van der Waals surface area contributed by atoms with Gasteiger partial charge in [0, 0.05) is 39.9 Å². The van der Waals surface area contributed by atoms with Gasteiger partial charge in [0.05, 0.1) is 45.1 Å². The van der Waals surface area contributed by atoms with Crippen LogP contribution >= 0.6 is 0 Å². The van der Waals surface area contributed by atoms with Crippen molar-refractivity contribution in [2.45, 2.75) is 0 Å². The Bertz CT molecular complexity index is 2300. The van der Waals surface area contributed by atoms with Gasteiger partial charge in [0.25, 0.3) is 0 Å². The molecule has 0 bridgehead atoms. The minimum absolute atomic E-state index is 0.442. The first-order chi connectivity index (χ1) is 21.7. The number of para-hydroxylation sites is 2. The second kappa shape index (κ2) is 10.5. The van der Waals surface area contributed by atoms with E-state index in [2.05, 4.69) is 40.3 Å². The molecule has 204 valence electrons. The number of hydrogen-bond acceptors (Lipinski definition) is 7. The molecule has 4 aromatic heterocycles. The number of pyridine rings is 2. The van der Waals surface area contributed by atoms with E-state index >= 15 is 0 Å². The molecule has 8 aromatic rings. The number of hydrogen-bond donors (Lipinski definition) is 0. The molecule has 4 heterocycles. The van der Waals surface area contributed by atoms with E-state index in [1.807, 2.05) is 78.9 Å². The Morgan fingerprint density at radius 1 is 0.477 bits per heavy atom. The molecular formula is C37H21N7. The second-order valence-corrected chi connectivity index (χ2v) is 10.3. The van der Waals surface area contributed by atoms with Gasteiger partial charge in [-0.3, -0.25) is 9.97 Å². The average molecular weight is 564 g/mol. The molecule has 0 N–H and O–H groups in total. The Morgan fingerprint density at radius 2 is 1.02 bits per heavy atom. The first-order valence-corrected chi connectivity index (χ1v) is 14.1. The van der Waals surface area contributed by atoms with Crippen LogP contribution in [0.5, 0.6) is 0 Å². The lowest BCUT2D eigenvalue weighted by atomic mass is 10.0. The molecule has 0 spiro atoms.